The second-order valence-corrected chi connectivity index (χ2v) is 10.7. The maximum absolute atomic E-state index is 14.8. The standard InChI is InChI=1S/C30H28FIN4O4/c1-18(19-6-4-3-5-7-19)27(28-33-17-25(34-28)23-13-10-21(32)16-24(23)31)36-29(37)26(35-30(36)38)20-8-11-22(12-9-20)40-15-14-39-2/h3-13,16-18,26-27H,14-15H2,1-2H3,(H,33,34)(H,35,38)/t18-,26?,27-/m0/s1. The van der Waals surface area contributed by atoms with E-state index in [1.54, 1.807) is 43.5 Å². The molecule has 1 aliphatic heterocycles. The summed E-state index contributed by atoms with van der Waals surface area (Å²) < 4.78 is 26.1. The summed E-state index contributed by atoms with van der Waals surface area (Å²) in [5.74, 6) is -0.0817. The number of aromatic nitrogens is 2. The van der Waals surface area contributed by atoms with Crippen molar-refractivity contribution in [3.8, 4) is 17.0 Å². The molecule has 0 saturated carbocycles. The minimum atomic E-state index is -0.867. The molecule has 0 aliphatic carbocycles. The van der Waals surface area contributed by atoms with Crippen LogP contribution in [-0.4, -0.2) is 47.1 Å². The van der Waals surface area contributed by atoms with Gasteiger partial charge in [-0.05, 0) is 64.0 Å². The van der Waals surface area contributed by atoms with Crippen LogP contribution in [-0.2, 0) is 9.53 Å². The van der Waals surface area contributed by atoms with Crippen LogP contribution in [0.3, 0.4) is 0 Å². The molecule has 1 aromatic heterocycles. The average molecular weight is 654 g/mol. The topological polar surface area (TPSA) is 96.6 Å². The summed E-state index contributed by atoms with van der Waals surface area (Å²) >= 11 is 2.05. The van der Waals surface area contributed by atoms with Crippen LogP contribution < -0.4 is 10.1 Å². The number of halogens is 2. The van der Waals surface area contributed by atoms with E-state index in [2.05, 4.69) is 37.9 Å². The quantitative estimate of drug-likeness (QED) is 0.125. The fourth-order valence-corrected chi connectivity index (χ4v) is 5.29. The number of carbonyl (C=O) groups excluding carboxylic acids is 2. The SMILES string of the molecule is COCCOc1ccc(C2NC(=O)N([C@H](c3ncc(-c4ccc(I)cc4F)[nH]3)[C@@H](C)c3ccccc3)C2=O)cc1. The van der Waals surface area contributed by atoms with Crippen molar-refractivity contribution in [3.05, 3.63) is 105 Å². The molecule has 8 nitrogen and oxygen atoms in total. The van der Waals surface area contributed by atoms with Crippen LogP contribution in [0, 0.1) is 9.39 Å². The highest BCUT2D eigenvalue weighted by molar-refractivity contribution is 14.1. The van der Waals surface area contributed by atoms with Crippen molar-refractivity contribution in [2.45, 2.75) is 24.9 Å². The Labute approximate surface area is 245 Å². The predicted molar refractivity (Wildman–Crippen MR) is 156 cm³/mol. The van der Waals surface area contributed by atoms with Gasteiger partial charge in [-0.25, -0.2) is 14.2 Å². The predicted octanol–water partition coefficient (Wildman–Crippen LogP) is 5.98. The number of hydrogen-bond donors (Lipinski definition) is 2. The second-order valence-electron chi connectivity index (χ2n) is 9.45. The number of urea groups is 1. The number of H-pyrrole nitrogens is 1. The van der Waals surface area contributed by atoms with E-state index in [1.165, 1.54) is 17.2 Å². The van der Waals surface area contributed by atoms with Crippen LogP contribution in [0.5, 0.6) is 5.75 Å². The molecule has 1 unspecified atom stereocenters. The van der Waals surface area contributed by atoms with Gasteiger partial charge in [-0.15, -0.1) is 0 Å². The molecule has 3 atom stereocenters. The molecule has 0 bridgehead atoms. The Morgan fingerprint density at radius 1 is 1.05 bits per heavy atom. The Balaban J connectivity index is 1.47. The number of rotatable bonds is 10. The molecule has 1 fully saturated rings. The van der Waals surface area contributed by atoms with E-state index in [0.29, 0.717) is 41.6 Å². The first kappa shape index (κ1) is 27.8. The zero-order valence-corrected chi connectivity index (χ0v) is 24.1. The number of nitrogens with one attached hydrogen (secondary N) is 2. The first-order valence-corrected chi connectivity index (χ1v) is 13.9. The number of methoxy groups -OCH3 is 1. The highest BCUT2D eigenvalue weighted by Crippen LogP contribution is 2.39. The first-order valence-electron chi connectivity index (χ1n) is 12.8. The summed E-state index contributed by atoms with van der Waals surface area (Å²) in [5.41, 5.74) is 2.37. The number of imide groups is 1. The normalized spacial score (nSPS) is 16.6. The van der Waals surface area contributed by atoms with Crippen molar-refractivity contribution in [2.75, 3.05) is 20.3 Å². The lowest BCUT2D eigenvalue weighted by molar-refractivity contribution is -0.129. The number of carbonyl (C=O) groups is 2. The number of ether oxygens (including phenoxy) is 2. The molecule has 3 aromatic carbocycles. The van der Waals surface area contributed by atoms with Gasteiger partial charge in [0.1, 0.15) is 36.1 Å². The highest BCUT2D eigenvalue weighted by Gasteiger charge is 2.46. The van der Waals surface area contributed by atoms with E-state index in [4.69, 9.17) is 9.47 Å². The van der Waals surface area contributed by atoms with Gasteiger partial charge in [-0.3, -0.25) is 9.69 Å². The molecular weight excluding hydrogens is 626 g/mol. The van der Waals surface area contributed by atoms with Crippen LogP contribution in [0.25, 0.3) is 11.3 Å². The zero-order valence-electron chi connectivity index (χ0n) is 21.9. The molecule has 5 rings (SSSR count). The van der Waals surface area contributed by atoms with Gasteiger partial charge < -0.3 is 19.8 Å². The molecule has 1 aliphatic rings. The van der Waals surface area contributed by atoms with Crippen LogP contribution in [0.2, 0.25) is 0 Å². The van der Waals surface area contributed by atoms with Crippen molar-refractivity contribution >= 4 is 34.5 Å². The molecule has 4 aromatic rings. The highest BCUT2D eigenvalue weighted by atomic mass is 127. The number of nitrogens with zero attached hydrogens (tertiary/aromatic N) is 2. The average Bonchev–Trinajstić information content (AvgIpc) is 3.55. The smallest absolute Gasteiger partial charge is 0.325 e. The fourth-order valence-electron chi connectivity index (χ4n) is 4.84. The van der Waals surface area contributed by atoms with Crippen LogP contribution in [0.15, 0.2) is 79.0 Å². The molecule has 1 saturated heterocycles. The monoisotopic (exact) mass is 654 g/mol. The molecule has 2 N–H and O–H groups in total. The lowest BCUT2D eigenvalue weighted by Crippen LogP contribution is -2.38. The summed E-state index contributed by atoms with van der Waals surface area (Å²) in [4.78, 5) is 36.2. The summed E-state index contributed by atoms with van der Waals surface area (Å²) in [6, 6.07) is 19.4. The second kappa shape index (κ2) is 12.2. The van der Waals surface area contributed by atoms with Crippen molar-refractivity contribution in [2.24, 2.45) is 0 Å². The summed E-state index contributed by atoms with van der Waals surface area (Å²) in [6.07, 6.45) is 1.53. The number of aromatic amines is 1. The van der Waals surface area contributed by atoms with E-state index in [9.17, 15) is 14.0 Å². The number of imidazole rings is 1. The maximum atomic E-state index is 14.8. The molecule has 0 radical (unpaired) electrons. The van der Waals surface area contributed by atoms with Gasteiger partial charge in [0.25, 0.3) is 5.91 Å². The van der Waals surface area contributed by atoms with Gasteiger partial charge in [0.05, 0.1) is 18.5 Å². The van der Waals surface area contributed by atoms with Crippen LogP contribution >= 0.6 is 22.6 Å². The fraction of sp³-hybridized carbons (Fsp3) is 0.233. The third-order valence-electron chi connectivity index (χ3n) is 6.91. The van der Waals surface area contributed by atoms with Crippen molar-refractivity contribution in [3.63, 3.8) is 0 Å². The molecular formula is C30H28FIN4O4. The van der Waals surface area contributed by atoms with Gasteiger partial charge in [0, 0.05) is 22.2 Å². The van der Waals surface area contributed by atoms with Crippen molar-refractivity contribution in [1.29, 1.82) is 0 Å². The molecule has 3 amide bonds. The van der Waals surface area contributed by atoms with E-state index in [1.807, 2.05) is 37.3 Å². The van der Waals surface area contributed by atoms with Gasteiger partial charge in [0.2, 0.25) is 0 Å². The Morgan fingerprint density at radius 2 is 1.80 bits per heavy atom. The van der Waals surface area contributed by atoms with Crippen LogP contribution in [0.1, 0.15) is 41.9 Å². The third kappa shape index (κ3) is 5.73. The Morgan fingerprint density at radius 3 is 2.50 bits per heavy atom. The van der Waals surface area contributed by atoms with Gasteiger partial charge >= 0.3 is 6.03 Å². The lowest BCUT2D eigenvalue weighted by Gasteiger charge is -2.29. The molecule has 40 heavy (non-hydrogen) atoms. The number of benzene rings is 3. The first-order chi connectivity index (χ1) is 19.4. The van der Waals surface area contributed by atoms with Crippen molar-refractivity contribution < 1.29 is 23.5 Å². The van der Waals surface area contributed by atoms with Gasteiger partial charge in [-0.2, -0.15) is 0 Å². The van der Waals surface area contributed by atoms with E-state index < -0.39 is 24.0 Å². The number of amides is 3. The summed E-state index contributed by atoms with van der Waals surface area (Å²) in [7, 11) is 1.60. The Kier molecular flexibility index (Phi) is 8.46. The summed E-state index contributed by atoms with van der Waals surface area (Å²) in [6.45, 7) is 2.80. The Hall–Kier alpha value is -3.77. The van der Waals surface area contributed by atoms with Crippen molar-refractivity contribution in [1.82, 2.24) is 20.2 Å². The molecule has 206 valence electrons. The molecule has 0 spiro atoms. The number of hydrogen-bond acceptors (Lipinski definition) is 5. The minimum absolute atomic E-state index is 0.313. The van der Waals surface area contributed by atoms with E-state index in [0.717, 1.165) is 9.13 Å². The van der Waals surface area contributed by atoms with Gasteiger partial charge in [0.15, 0.2) is 0 Å². The van der Waals surface area contributed by atoms with E-state index in [-0.39, 0.29) is 11.7 Å². The zero-order chi connectivity index (χ0) is 28.2. The Bertz CT molecular complexity index is 1500. The maximum Gasteiger partial charge on any atom is 0.325 e. The third-order valence-corrected chi connectivity index (χ3v) is 7.59. The van der Waals surface area contributed by atoms with E-state index >= 15 is 0 Å². The largest absolute Gasteiger partial charge is 0.491 e. The van der Waals surface area contributed by atoms with Crippen LogP contribution in [0.4, 0.5) is 9.18 Å². The summed E-state index contributed by atoms with van der Waals surface area (Å²) in [5, 5.41) is 2.83. The molecule has 10 heteroatoms. The molecule has 2 heterocycles. The minimum Gasteiger partial charge on any atom is -0.491 e. The lowest BCUT2D eigenvalue weighted by atomic mass is 9.91. The van der Waals surface area contributed by atoms with Gasteiger partial charge in [-0.1, -0.05) is 49.4 Å².